The van der Waals surface area contributed by atoms with E-state index in [1.54, 1.807) is 23.3 Å². The van der Waals surface area contributed by atoms with Crippen LogP contribution in [0.25, 0.3) is 0 Å². The molecule has 1 fully saturated rings. The van der Waals surface area contributed by atoms with Crippen molar-refractivity contribution in [2.24, 2.45) is 16.0 Å². The van der Waals surface area contributed by atoms with Crippen LogP contribution < -0.4 is 11.1 Å². The van der Waals surface area contributed by atoms with Gasteiger partial charge in [0.25, 0.3) is 15.9 Å². The molecule has 24 heavy (non-hydrogen) atoms. The van der Waals surface area contributed by atoms with Crippen LogP contribution in [0.3, 0.4) is 0 Å². The fourth-order valence-electron chi connectivity index (χ4n) is 3.55. The first kappa shape index (κ1) is 17.2. The van der Waals surface area contributed by atoms with Gasteiger partial charge < -0.3 is 16.0 Å². The minimum Gasteiger partial charge on any atom is -0.348 e. The number of sulfonamides is 1. The largest absolute Gasteiger partial charge is 0.348 e. The third-order valence-electron chi connectivity index (χ3n) is 4.89. The lowest BCUT2D eigenvalue weighted by Crippen LogP contribution is -2.49. The summed E-state index contributed by atoms with van der Waals surface area (Å²) in [6, 6.07) is -0.0844. The number of carbonyl (C=O) groups is 1. The van der Waals surface area contributed by atoms with E-state index in [2.05, 4.69) is 9.71 Å². The molecule has 0 aromatic rings. The summed E-state index contributed by atoms with van der Waals surface area (Å²) in [6.45, 7) is 0.694. The Labute approximate surface area is 142 Å². The highest BCUT2D eigenvalue weighted by molar-refractivity contribution is 7.90. The van der Waals surface area contributed by atoms with Crippen molar-refractivity contribution in [3.8, 4) is 0 Å². The molecule has 1 aliphatic carbocycles. The molecule has 2 heterocycles. The second kappa shape index (κ2) is 7.06. The van der Waals surface area contributed by atoms with Gasteiger partial charge in [0.15, 0.2) is 5.84 Å². The van der Waals surface area contributed by atoms with Gasteiger partial charge in [-0.1, -0.05) is 19.3 Å². The van der Waals surface area contributed by atoms with Crippen molar-refractivity contribution >= 4 is 21.8 Å². The van der Waals surface area contributed by atoms with Crippen molar-refractivity contribution < 1.29 is 13.2 Å². The molecule has 3 N–H and O–H groups in total. The molecule has 0 saturated heterocycles. The summed E-state index contributed by atoms with van der Waals surface area (Å²) in [4.78, 5) is 14.4. The highest BCUT2D eigenvalue weighted by atomic mass is 32.2. The predicted octanol–water partition coefficient (Wildman–Crippen LogP) is 0.508. The van der Waals surface area contributed by atoms with Crippen LogP contribution in [0.5, 0.6) is 0 Å². The summed E-state index contributed by atoms with van der Waals surface area (Å²) >= 11 is 0. The first-order chi connectivity index (χ1) is 11.5. The van der Waals surface area contributed by atoms with Crippen molar-refractivity contribution in [3.05, 3.63) is 23.9 Å². The van der Waals surface area contributed by atoms with Crippen molar-refractivity contribution in [1.82, 2.24) is 10.2 Å². The van der Waals surface area contributed by atoms with Crippen molar-refractivity contribution in [2.45, 2.75) is 38.1 Å². The van der Waals surface area contributed by atoms with Crippen LogP contribution in [-0.2, 0) is 14.8 Å². The number of nitrogens with zero attached hydrogens (tertiary/aromatic N) is 2. The summed E-state index contributed by atoms with van der Waals surface area (Å²) in [5.74, 6) is 0.255. The van der Waals surface area contributed by atoms with Gasteiger partial charge in [-0.25, -0.2) is 8.42 Å². The van der Waals surface area contributed by atoms with Gasteiger partial charge in [0.1, 0.15) is 0 Å². The van der Waals surface area contributed by atoms with Gasteiger partial charge in [0, 0.05) is 25.3 Å². The lowest BCUT2D eigenvalue weighted by Gasteiger charge is -2.32. The lowest BCUT2D eigenvalue weighted by atomic mass is 9.83. The van der Waals surface area contributed by atoms with Crippen molar-refractivity contribution in [2.75, 3.05) is 18.8 Å². The second-order valence-electron chi connectivity index (χ2n) is 6.53. The van der Waals surface area contributed by atoms with Gasteiger partial charge in [-0.05, 0) is 30.9 Å². The van der Waals surface area contributed by atoms with E-state index in [1.165, 1.54) is 19.3 Å². The molecule has 0 bridgehead atoms. The zero-order valence-corrected chi connectivity index (χ0v) is 14.5. The number of hydrogen-bond acceptors (Lipinski definition) is 5. The molecule has 0 aromatic heterocycles. The molecule has 3 aliphatic rings. The Kier molecular flexibility index (Phi) is 5.05. The highest BCUT2D eigenvalue weighted by Crippen LogP contribution is 2.26. The highest BCUT2D eigenvalue weighted by Gasteiger charge is 2.32. The van der Waals surface area contributed by atoms with E-state index >= 15 is 0 Å². The number of carbonyl (C=O) groups excluding carboxylic acids is 1. The third-order valence-corrected chi connectivity index (χ3v) is 6.04. The standard InChI is InChI=1S/C16H24N4O3S/c17-11-14(12-5-2-1-3-6-12)18-16(21)13-7-4-8-20-9-10-24(22,23)19-15(13)20/h4,7-8,12,14H,1-3,5-6,9-11,17H2,(H,18,21). The molecule has 3 rings (SSSR count). The predicted molar refractivity (Wildman–Crippen MR) is 92.7 cm³/mol. The molecular weight excluding hydrogens is 328 g/mol. The van der Waals surface area contributed by atoms with E-state index in [-0.39, 0.29) is 29.1 Å². The average Bonchev–Trinajstić information content (AvgIpc) is 2.59. The average molecular weight is 352 g/mol. The van der Waals surface area contributed by atoms with Gasteiger partial charge in [-0.2, -0.15) is 0 Å². The molecule has 1 saturated carbocycles. The SMILES string of the molecule is NCC(NC(=O)C1=CC=CN2CCS(=O)(=O)N=C12)C1CCCCC1. The van der Waals surface area contributed by atoms with E-state index in [0.29, 0.717) is 19.0 Å². The zero-order chi connectivity index (χ0) is 17.2. The summed E-state index contributed by atoms with van der Waals surface area (Å²) < 4.78 is 27.4. The van der Waals surface area contributed by atoms with Gasteiger partial charge in [-0.3, -0.25) is 4.79 Å². The van der Waals surface area contributed by atoms with Crippen LogP contribution in [-0.4, -0.2) is 49.9 Å². The van der Waals surface area contributed by atoms with E-state index in [4.69, 9.17) is 5.73 Å². The minimum absolute atomic E-state index is 0.0385. The fraction of sp³-hybridized carbons (Fsp3) is 0.625. The Bertz CT molecular complexity index is 690. The van der Waals surface area contributed by atoms with Crippen LogP contribution in [0, 0.1) is 5.92 Å². The second-order valence-corrected chi connectivity index (χ2v) is 8.28. The number of hydrogen-bond donors (Lipinski definition) is 2. The topological polar surface area (TPSA) is 105 Å². The first-order valence-electron chi connectivity index (χ1n) is 8.49. The molecule has 1 amide bonds. The fourth-order valence-corrected chi connectivity index (χ4v) is 4.53. The van der Waals surface area contributed by atoms with Crippen molar-refractivity contribution in [3.63, 3.8) is 0 Å². The maximum Gasteiger partial charge on any atom is 0.256 e. The summed E-state index contributed by atoms with van der Waals surface area (Å²) in [6.07, 6.45) is 10.8. The lowest BCUT2D eigenvalue weighted by molar-refractivity contribution is -0.118. The molecule has 0 radical (unpaired) electrons. The summed E-state index contributed by atoms with van der Waals surface area (Å²) in [5.41, 5.74) is 6.16. The van der Waals surface area contributed by atoms with Gasteiger partial charge in [-0.15, -0.1) is 4.40 Å². The van der Waals surface area contributed by atoms with Crippen molar-refractivity contribution in [1.29, 1.82) is 0 Å². The van der Waals surface area contributed by atoms with E-state index < -0.39 is 10.0 Å². The minimum atomic E-state index is -3.51. The van der Waals surface area contributed by atoms with Gasteiger partial charge in [0.05, 0.1) is 11.3 Å². The van der Waals surface area contributed by atoms with E-state index in [9.17, 15) is 13.2 Å². The molecule has 2 aliphatic heterocycles. The van der Waals surface area contributed by atoms with Gasteiger partial charge >= 0.3 is 0 Å². The van der Waals surface area contributed by atoms with E-state index in [1.807, 2.05) is 0 Å². The number of nitrogens with one attached hydrogen (secondary N) is 1. The molecule has 1 unspecified atom stereocenters. The summed E-state index contributed by atoms with van der Waals surface area (Å²) in [5, 5.41) is 3.00. The van der Waals surface area contributed by atoms with Crippen LogP contribution >= 0.6 is 0 Å². The third kappa shape index (κ3) is 3.70. The smallest absolute Gasteiger partial charge is 0.256 e. The Morgan fingerprint density at radius 3 is 2.83 bits per heavy atom. The van der Waals surface area contributed by atoms with Crippen LogP contribution in [0.15, 0.2) is 28.3 Å². The molecule has 8 heteroatoms. The Morgan fingerprint density at radius 2 is 2.12 bits per heavy atom. The quantitative estimate of drug-likeness (QED) is 0.767. The zero-order valence-electron chi connectivity index (χ0n) is 13.6. The maximum absolute atomic E-state index is 12.7. The molecule has 7 nitrogen and oxygen atoms in total. The van der Waals surface area contributed by atoms with E-state index in [0.717, 1.165) is 12.8 Å². The normalized spacial score (nSPS) is 24.6. The number of fused-ring (bicyclic) bond motifs is 1. The number of nitrogens with two attached hydrogens (primary N) is 1. The molecular formula is C16H24N4O3S. The van der Waals surface area contributed by atoms with Crippen LogP contribution in [0.4, 0.5) is 0 Å². The van der Waals surface area contributed by atoms with Crippen LogP contribution in [0.1, 0.15) is 32.1 Å². The molecule has 1 atom stereocenters. The molecule has 0 aromatic carbocycles. The monoisotopic (exact) mass is 352 g/mol. The molecule has 132 valence electrons. The number of amides is 1. The Morgan fingerprint density at radius 1 is 1.38 bits per heavy atom. The maximum atomic E-state index is 12.7. The number of rotatable bonds is 4. The molecule has 0 spiro atoms. The summed E-state index contributed by atoms with van der Waals surface area (Å²) in [7, 11) is -3.51. The number of amidine groups is 1. The Balaban J connectivity index is 1.77. The van der Waals surface area contributed by atoms with Crippen LogP contribution in [0.2, 0.25) is 0 Å². The number of allylic oxidation sites excluding steroid dienone is 2. The van der Waals surface area contributed by atoms with Gasteiger partial charge in [0.2, 0.25) is 0 Å². The Hall–Kier alpha value is -1.67. The first-order valence-corrected chi connectivity index (χ1v) is 10.1.